The zero-order chi connectivity index (χ0) is 13.8. The summed E-state index contributed by atoms with van der Waals surface area (Å²) in [5, 5.41) is 10.4. The van der Waals surface area contributed by atoms with E-state index in [1.807, 2.05) is 24.3 Å². The lowest BCUT2D eigenvalue weighted by molar-refractivity contribution is 0.215. The first-order valence-electron chi connectivity index (χ1n) is 6.44. The van der Waals surface area contributed by atoms with Crippen molar-refractivity contribution in [2.45, 2.75) is 26.4 Å². The van der Waals surface area contributed by atoms with Gasteiger partial charge in [0.15, 0.2) is 0 Å². The molecule has 0 fully saturated rings. The molecule has 2 nitrogen and oxygen atoms in total. The first-order valence-corrected chi connectivity index (χ1v) is 7.24. The highest BCUT2D eigenvalue weighted by Gasteiger charge is 2.12. The number of aromatic nitrogens is 1. The zero-order valence-electron chi connectivity index (χ0n) is 11.2. The maximum absolute atomic E-state index is 10.4. The fraction of sp³-hybridized carbons (Fsp3) is 0.312. The van der Waals surface area contributed by atoms with E-state index in [9.17, 15) is 5.11 Å². The third kappa shape index (κ3) is 3.88. The third-order valence-corrected chi connectivity index (χ3v) is 3.41. The molecule has 0 amide bonds. The quantitative estimate of drug-likeness (QED) is 0.919. The standard InChI is InChI=1S/C16H18BrNO/c1-11(2)8-12-4-3-5-13(9-12)16(19)15-7-6-14(17)10-18-15/h3-7,9-11,16,19H,8H2,1-2H3. The van der Waals surface area contributed by atoms with Crippen LogP contribution in [0.4, 0.5) is 0 Å². The molecule has 0 bridgehead atoms. The second-order valence-electron chi connectivity index (χ2n) is 5.15. The molecule has 2 rings (SSSR count). The lowest BCUT2D eigenvalue weighted by atomic mass is 9.98. The van der Waals surface area contributed by atoms with Crippen LogP contribution in [0.3, 0.4) is 0 Å². The highest BCUT2D eigenvalue weighted by atomic mass is 79.9. The second kappa shape index (κ2) is 6.31. The molecular weight excluding hydrogens is 302 g/mol. The van der Waals surface area contributed by atoms with Crippen LogP contribution in [0.15, 0.2) is 47.1 Å². The van der Waals surface area contributed by atoms with Crippen LogP contribution < -0.4 is 0 Å². The Hall–Kier alpha value is -1.19. The van der Waals surface area contributed by atoms with Gasteiger partial charge in [0.1, 0.15) is 6.10 Å². The maximum Gasteiger partial charge on any atom is 0.121 e. The summed E-state index contributed by atoms with van der Waals surface area (Å²) in [4.78, 5) is 4.25. The van der Waals surface area contributed by atoms with Crippen LogP contribution in [0.25, 0.3) is 0 Å². The predicted molar refractivity (Wildman–Crippen MR) is 81.0 cm³/mol. The Morgan fingerprint density at radius 1 is 1.21 bits per heavy atom. The van der Waals surface area contributed by atoms with Gasteiger partial charge in [0.05, 0.1) is 5.69 Å². The molecule has 0 aliphatic rings. The van der Waals surface area contributed by atoms with E-state index in [4.69, 9.17) is 0 Å². The Kier molecular flexibility index (Phi) is 4.72. The van der Waals surface area contributed by atoms with Crippen LogP contribution in [0.2, 0.25) is 0 Å². The van der Waals surface area contributed by atoms with E-state index in [2.05, 4.69) is 46.9 Å². The second-order valence-corrected chi connectivity index (χ2v) is 6.06. The van der Waals surface area contributed by atoms with Gasteiger partial charge in [0, 0.05) is 10.7 Å². The predicted octanol–water partition coefficient (Wildman–Crippen LogP) is 4.12. The van der Waals surface area contributed by atoms with Gasteiger partial charge in [-0.1, -0.05) is 38.1 Å². The zero-order valence-corrected chi connectivity index (χ0v) is 12.8. The summed E-state index contributed by atoms with van der Waals surface area (Å²) >= 11 is 3.35. The molecule has 1 aromatic heterocycles. The van der Waals surface area contributed by atoms with E-state index < -0.39 is 6.10 Å². The molecule has 100 valence electrons. The van der Waals surface area contributed by atoms with Crippen LogP contribution in [-0.2, 0) is 6.42 Å². The lowest BCUT2D eigenvalue weighted by Gasteiger charge is -2.13. The van der Waals surface area contributed by atoms with Crippen LogP contribution >= 0.6 is 15.9 Å². The van der Waals surface area contributed by atoms with Gasteiger partial charge >= 0.3 is 0 Å². The van der Waals surface area contributed by atoms with Gasteiger partial charge in [-0.25, -0.2) is 0 Å². The lowest BCUT2D eigenvalue weighted by Crippen LogP contribution is -2.03. The molecule has 1 heterocycles. The van der Waals surface area contributed by atoms with E-state index in [0.717, 1.165) is 16.5 Å². The van der Waals surface area contributed by atoms with E-state index in [1.54, 1.807) is 6.20 Å². The molecule has 0 saturated heterocycles. The molecule has 3 heteroatoms. The van der Waals surface area contributed by atoms with Crippen molar-refractivity contribution in [3.8, 4) is 0 Å². The minimum Gasteiger partial charge on any atom is -0.382 e. The number of nitrogens with zero attached hydrogens (tertiary/aromatic N) is 1. The molecule has 0 aliphatic heterocycles. The van der Waals surface area contributed by atoms with Crippen molar-refractivity contribution < 1.29 is 5.11 Å². The minimum atomic E-state index is -0.666. The summed E-state index contributed by atoms with van der Waals surface area (Å²) in [5.41, 5.74) is 2.82. The number of hydrogen-bond acceptors (Lipinski definition) is 2. The largest absolute Gasteiger partial charge is 0.382 e. The number of rotatable bonds is 4. The van der Waals surface area contributed by atoms with Crippen LogP contribution in [0.1, 0.15) is 36.8 Å². The fourth-order valence-corrected chi connectivity index (χ4v) is 2.32. The van der Waals surface area contributed by atoms with Crippen molar-refractivity contribution in [3.63, 3.8) is 0 Å². The molecule has 0 saturated carbocycles. The molecule has 19 heavy (non-hydrogen) atoms. The van der Waals surface area contributed by atoms with Crippen molar-refractivity contribution >= 4 is 15.9 Å². The molecule has 1 aromatic carbocycles. The Bertz CT molecular complexity index is 537. The van der Waals surface area contributed by atoms with Gasteiger partial charge in [-0.3, -0.25) is 4.98 Å². The summed E-state index contributed by atoms with van der Waals surface area (Å²) in [6.45, 7) is 4.39. The third-order valence-electron chi connectivity index (χ3n) is 2.94. The van der Waals surface area contributed by atoms with Gasteiger partial charge in [-0.05, 0) is 51.5 Å². The van der Waals surface area contributed by atoms with Crippen molar-refractivity contribution in [1.29, 1.82) is 0 Å². The molecule has 1 atom stereocenters. The normalized spacial score (nSPS) is 12.7. The van der Waals surface area contributed by atoms with Crippen molar-refractivity contribution in [2.75, 3.05) is 0 Å². The highest BCUT2D eigenvalue weighted by molar-refractivity contribution is 9.10. The molecular formula is C16H18BrNO. The van der Waals surface area contributed by atoms with Gasteiger partial charge < -0.3 is 5.11 Å². The van der Waals surface area contributed by atoms with Crippen molar-refractivity contribution in [1.82, 2.24) is 4.98 Å². The SMILES string of the molecule is CC(C)Cc1cccc(C(O)c2ccc(Br)cn2)c1. The number of aliphatic hydroxyl groups is 1. The first kappa shape index (κ1) is 14.2. The van der Waals surface area contributed by atoms with E-state index in [1.165, 1.54) is 5.56 Å². The Morgan fingerprint density at radius 2 is 2.00 bits per heavy atom. The Morgan fingerprint density at radius 3 is 2.63 bits per heavy atom. The molecule has 0 spiro atoms. The summed E-state index contributed by atoms with van der Waals surface area (Å²) in [5.74, 6) is 0.609. The average Bonchev–Trinajstić information content (AvgIpc) is 2.38. The van der Waals surface area contributed by atoms with E-state index in [0.29, 0.717) is 11.6 Å². The fourth-order valence-electron chi connectivity index (χ4n) is 2.08. The average molecular weight is 320 g/mol. The van der Waals surface area contributed by atoms with Gasteiger partial charge in [0.25, 0.3) is 0 Å². The van der Waals surface area contributed by atoms with Crippen LogP contribution in [0.5, 0.6) is 0 Å². The first-order chi connectivity index (χ1) is 9.06. The molecule has 1 unspecified atom stereocenters. The molecule has 1 N–H and O–H groups in total. The maximum atomic E-state index is 10.4. The minimum absolute atomic E-state index is 0.609. The van der Waals surface area contributed by atoms with Crippen LogP contribution in [-0.4, -0.2) is 10.1 Å². The number of pyridine rings is 1. The number of benzene rings is 1. The summed E-state index contributed by atoms with van der Waals surface area (Å²) < 4.78 is 0.914. The summed E-state index contributed by atoms with van der Waals surface area (Å²) in [7, 11) is 0. The van der Waals surface area contributed by atoms with Gasteiger partial charge in [-0.2, -0.15) is 0 Å². The summed E-state index contributed by atoms with van der Waals surface area (Å²) in [6.07, 6.45) is 2.06. The smallest absolute Gasteiger partial charge is 0.121 e. The van der Waals surface area contributed by atoms with Crippen molar-refractivity contribution in [3.05, 3.63) is 63.9 Å². The number of hydrogen-bond donors (Lipinski definition) is 1. The van der Waals surface area contributed by atoms with Gasteiger partial charge in [0.2, 0.25) is 0 Å². The monoisotopic (exact) mass is 319 g/mol. The molecule has 2 aromatic rings. The topological polar surface area (TPSA) is 33.1 Å². The summed E-state index contributed by atoms with van der Waals surface area (Å²) in [6, 6.07) is 11.8. The van der Waals surface area contributed by atoms with E-state index in [-0.39, 0.29) is 0 Å². The molecule has 0 radical (unpaired) electrons. The Balaban J connectivity index is 2.23. The van der Waals surface area contributed by atoms with Crippen molar-refractivity contribution in [2.24, 2.45) is 5.92 Å². The number of aliphatic hydroxyl groups excluding tert-OH is 1. The number of halogens is 1. The van der Waals surface area contributed by atoms with Gasteiger partial charge in [-0.15, -0.1) is 0 Å². The highest BCUT2D eigenvalue weighted by Crippen LogP contribution is 2.23. The van der Waals surface area contributed by atoms with Crippen LogP contribution in [0, 0.1) is 5.92 Å². The van der Waals surface area contributed by atoms with E-state index >= 15 is 0 Å². The Labute approximate surface area is 122 Å². The molecule has 0 aliphatic carbocycles.